The zero-order valence-electron chi connectivity index (χ0n) is 19.1. The molecule has 0 bridgehead atoms. The molecule has 0 heterocycles. The zero-order valence-corrected chi connectivity index (χ0v) is 19.1. The van der Waals surface area contributed by atoms with Crippen molar-refractivity contribution < 1.29 is 9.59 Å². The van der Waals surface area contributed by atoms with Gasteiger partial charge < -0.3 is 9.80 Å². The molecule has 0 saturated heterocycles. The van der Waals surface area contributed by atoms with Gasteiger partial charge in [0, 0.05) is 24.2 Å². The SMILES string of the molecule is O=C(c1ccccc1)N(CC(=O)N(C1CCCCC1)C1CCCCC1)Cc1ccccc1. The predicted molar refractivity (Wildman–Crippen MR) is 128 cm³/mol. The first-order chi connectivity index (χ1) is 15.7. The van der Waals surface area contributed by atoms with E-state index in [-0.39, 0.29) is 18.4 Å². The van der Waals surface area contributed by atoms with Gasteiger partial charge in [0.15, 0.2) is 0 Å². The Morgan fingerprint density at radius 3 is 1.72 bits per heavy atom. The fourth-order valence-corrected chi connectivity index (χ4v) is 5.44. The van der Waals surface area contributed by atoms with Crippen molar-refractivity contribution in [3.05, 3.63) is 71.8 Å². The van der Waals surface area contributed by atoms with Crippen molar-refractivity contribution in [2.24, 2.45) is 0 Å². The summed E-state index contributed by atoms with van der Waals surface area (Å²) in [5.74, 6) is 0.0547. The molecule has 0 atom stereocenters. The topological polar surface area (TPSA) is 40.6 Å². The Morgan fingerprint density at radius 2 is 1.19 bits per heavy atom. The molecule has 2 amide bonds. The van der Waals surface area contributed by atoms with Gasteiger partial charge in [-0.1, -0.05) is 87.1 Å². The fraction of sp³-hybridized carbons (Fsp3) is 0.500. The molecule has 0 radical (unpaired) electrons. The molecule has 0 aliphatic heterocycles. The van der Waals surface area contributed by atoms with Crippen LogP contribution < -0.4 is 0 Å². The quantitative estimate of drug-likeness (QED) is 0.553. The van der Waals surface area contributed by atoms with Gasteiger partial charge in [0.2, 0.25) is 5.91 Å². The van der Waals surface area contributed by atoms with Crippen LogP contribution in [0.15, 0.2) is 60.7 Å². The van der Waals surface area contributed by atoms with Crippen molar-refractivity contribution in [2.45, 2.75) is 82.8 Å². The molecular weight excluding hydrogens is 396 g/mol. The lowest BCUT2D eigenvalue weighted by molar-refractivity contribution is -0.138. The van der Waals surface area contributed by atoms with E-state index in [1.54, 1.807) is 4.90 Å². The number of benzene rings is 2. The molecule has 2 aromatic rings. The van der Waals surface area contributed by atoms with Crippen molar-refractivity contribution in [3.63, 3.8) is 0 Å². The van der Waals surface area contributed by atoms with Crippen LogP contribution in [-0.2, 0) is 11.3 Å². The first-order valence-electron chi connectivity index (χ1n) is 12.4. The van der Waals surface area contributed by atoms with Crippen LogP contribution in [-0.4, -0.2) is 40.2 Å². The summed E-state index contributed by atoms with van der Waals surface area (Å²) in [6.45, 7) is 0.596. The van der Waals surface area contributed by atoms with Crippen molar-refractivity contribution in [3.8, 4) is 0 Å². The molecule has 0 unspecified atom stereocenters. The molecule has 4 nitrogen and oxygen atoms in total. The molecule has 0 aromatic heterocycles. The van der Waals surface area contributed by atoms with Crippen LogP contribution in [0.5, 0.6) is 0 Å². The lowest BCUT2D eigenvalue weighted by Crippen LogP contribution is -2.52. The standard InChI is InChI=1S/C28H36N2O2/c31-27(30(25-17-9-3-10-18-25)26-19-11-4-12-20-26)22-29(21-23-13-5-1-6-14-23)28(32)24-15-7-2-8-16-24/h1-2,5-8,13-16,25-26H,3-4,9-12,17-22H2. The smallest absolute Gasteiger partial charge is 0.254 e. The van der Waals surface area contributed by atoms with E-state index in [1.807, 2.05) is 60.7 Å². The number of carbonyl (C=O) groups is 2. The van der Waals surface area contributed by atoms with E-state index in [0.717, 1.165) is 31.2 Å². The molecule has 4 heteroatoms. The average molecular weight is 433 g/mol. The van der Waals surface area contributed by atoms with E-state index in [1.165, 1.54) is 38.5 Å². The zero-order chi connectivity index (χ0) is 22.2. The van der Waals surface area contributed by atoms with Crippen LogP contribution in [0, 0.1) is 0 Å². The van der Waals surface area contributed by atoms with Gasteiger partial charge in [0.05, 0.1) is 0 Å². The second kappa shape index (κ2) is 11.3. The third kappa shape index (κ3) is 5.79. The summed E-state index contributed by atoms with van der Waals surface area (Å²) in [5, 5.41) is 0. The van der Waals surface area contributed by atoms with Crippen molar-refractivity contribution in [2.75, 3.05) is 6.54 Å². The van der Waals surface area contributed by atoms with Gasteiger partial charge >= 0.3 is 0 Å². The van der Waals surface area contributed by atoms with Crippen LogP contribution in [0.1, 0.15) is 80.1 Å². The van der Waals surface area contributed by atoms with Crippen molar-refractivity contribution in [1.82, 2.24) is 9.80 Å². The predicted octanol–water partition coefficient (Wildman–Crippen LogP) is 5.82. The van der Waals surface area contributed by atoms with Crippen LogP contribution in [0.2, 0.25) is 0 Å². The van der Waals surface area contributed by atoms with Gasteiger partial charge in [-0.2, -0.15) is 0 Å². The maximum absolute atomic E-state index is 13.8. The molecule has 0 spiro atoms. The summed E-state index contributed by atoms with van der Waals surface area (Å²) in [7, 11) is 0. The fourth-order valence-electron chi connectivity index (χ4n) is 5.44. The second-order valence-electron chi connectivity index (χ2n) is 9.40. The van der Waals surface area contributed by atoms with E-state index in [4.69, 9.17) is 0 Å². The van der Waals surface area contributed by atoms with Crippen LogP contribution >= 0.6 is 0 Å². The van der Waals surface area contributed by atoms with Crippen LogP contribution in [0.4, 0.5) is 0 Å². The molecule has 4 rings (SSSR count). The van der Waals surface area contributed by atoms with E-state index < -0.39 is 0 Å². The molecule has 2 aromatic carbocycles. The van der Waals surface area contributed by atoms with Gasteiger partial charge in [-0.05, 0) is 43.4 Å². The molecule has 32 heavy (non-hydrogen) atoms. The lowest BCUT2D eigenvalue weighted by Gasteiger charge is -2.42. The number of hydrogen-bond acceptors (Lipinski definition) is 2. The molecule has 0 N–H and O–H groups in total. The molecule has 2 aliphatic rings. The van der Waals surface area contributed by atoms with Gasteiger partial charge in [0.1, 0.15) is 6.54 Å². The largest absolute Gasteiger partial charge is 0.335 e. The monoisotopic (exact) mass is 432 g/mol. The summed E-state index contributed by atoms with van der Waals surface area (Å²) in [6.07, 6.45) is 11.8. The number of carbonyl (C=O) groups excluding carboxylic acids is 2. The number of amides is 2. The third-order valence-corrected chi connectivity index (χ3v) is 7.07. The summed E-state index contributed by atoms with van der Waals surface area (Å²) >= 11 is 0. The highest BCUT2D eigenvalue weighted by Gasteiger charge is 2.33. The summed E-state index contributed by atoms with van der Waals surface area (Å²) in [4.78, 5) is 31.2. The average Bonchev–Trinajstić information content (AvgIpc) is 2.86. The van der Waals surface area contributed by atoms with Gasteiger partial charge in [-0.25, -0.2) is 0 Å². The Labute approximate surface area is 192 Å². The Hall–Kier alpha value is -2.62. The van der Waals surface area contributed by atoms with E-state index in [9.17, 15) is 9.59 Å². The molecule has 2 aliphatic carbocycles. The highest BCUT2D eigenvalue weighted by Crippen LogP contribution is 2.30. The van der Waals surface area contributed by atoms with Crippen LogP contribution in [0.3, 0.4) is 0 Å². The number of hydrogen-bond donors (Lipinski definition) is 0. The van der Waals surface area contributed by atoms with E-state index >= 15 is 0 Å². The van der Waals surface area contributed by atoms with Crippen molar-refractivity contribution >= 4 is 11.8 Å². The molecular formula is C28H36N2O2. The summed E-state index contributed by atoms with van der Waals surface area (Å²) in [6, 6.07) is 20.0. The minimum Gasteiger partial charge on any atom is -0.335 e. The first-order valence-corrected chi connectivity index (χ1v) is 12.4. The Morgan fingerprint density at radius 1 is 0.688 bits per heavy atom. The number of rotatable bonds is 7. The minimum absolute atomic E-state index is 0.0740. The maximum Gasteiger partial charge on any atom is 0.254 e. The normalized spacial score (nSPS) is 17.6. The highest BCUT2D eigenvalue weighted by molar-refractivity contribution is 5.96. The minimum atomic E-state index is -0.0740. The van der Waals surface area contributed by atoms with Gasteiger partial charge in [-0.3, -0.25) is 9.59 Å². The summed E-state index contributed by atoms with van der Waals surface area (Å²) < 4.78 is 0. The van der Waals surface area contributed by atoms with E-state index in [0.29, 0.717) is 24.2 Å². The Balaban J connectivity index is 1.56. The lowest BCUT2D eigenvalue weighted by atomic mass is 9.88. The van der Waals surface area contributed by atoms with Crippen molar-refractivity contribution in [1.29, 1.82) is 0 Å². The Kier molecular flexibility index (Phi) is 7.97. The van der Waals surface area contributed by atoms with E-state index in [2.05, 4.69) is 4.90 Å². The van der Waals surface area contributed by atoms with Gasteiger partial charge in [0.25, 0.3) is 5.91 Å². The second-order valence-corrected chi connectivity index (χ2v) is 9.40. The molecule has 170 valence electrons. The Bertz CT molecular complexity index is 838. The summed E-state index contributed by atoms with van der Waals surface area (Å²) in [5.41, 5.74) is 1.68. The van der Waals surface area contributed by atoms with Crippen LogP contribution in [0.25, 0.3) is 0 Å². The van der Waals surface area contributed by atoms with Gasteiger partial charge in [-0.15, -0.1) is 0 Å². The highest BCUT2D eigenvalue weighted by atomic mass is 16.2. The first kappa shape index (κ1) is 22.6. The maximum atomic E-state index is 13.8. The number of nitrogens with zero attached hydrogens (tertiary/aromatic N) is 2. The molecule has 2 fully saturated rings. The molecule has 2 saturated carbocycles. The third-order valence-electron chi connectivity index (χ3n) is 7.07.